The first-order valence-electron chi connectivity index (χ1n) is 6.02. The van der Waals surface area contributed by atoms with Gasteiger partial charge in [0.05, 0.1) is 0 Å². The minimum Gasteiger partial charge on any atom is -0.383 e. The molecule has 0 saturated heterocycles. The van der Waals surface area contributed by atoms with Crippen LogP contribution in [0.25, 0.3) is 0 Å². The molecule has 1 fully saturated rings. The van der Waals surface area contributed by atoms with Crippen molar-refractivity contribution in [3.8, 4) is 0 Å². The molecule has 1 heterocycles. The summed E-state index contributed by atoms with van der Waals surface area (Å²) in [6.45, 7) is 2.26. The first kappa shape index (κ1) is 11.8. The van der Waals surface area contributed by atoms with Crippen LogP contribution in [0.4, 0.5) is 11.5 Å². The van der Waals surface area contributed by atoms with Crippen LogP contribution in [0, 0.1) is 0 Å². The van der Waals surface area contributed by atoms with E-state index in [9.17, 15) is 9.59 Å². The van der Waals surface area contributed by atoms with Crippen molar-refractivity contribution in [1.82, 2.24) is 9.55 Å². The lowest BCUT2D eigenvalue weighted by Gasteiger charge is -2.16. The number of nitrogens with one attached hydrogen (secondary N) is 2. The number of H-pyrrole nitrogens is 1. The zero-order chi connectivity index (χ0) is 12.4. The minimum atomic E-state index is -0.452. The maximum absolute atomic E-state index is 11.7. The molecule has 0 aliphatic heterocycles. The summed E-state index contributed by atoms with van der Waals surface area (Å²) in [7, 11) is 0. The van der Waals surface area contributed by atoms with Gasteiger partial charge in [0.15, 0.2) is 0 Å². The van der Waals surface area contributed by atoms with Gasteiger partial charge in [-0.15, -0.1) is 0 Å². The molecule has 0 radical (unpaired) electrons. The van der Waals surface area contributed by atoms with Crippen molar-refractivity contribution in [3.63, 3.8) is 0 Å². The second-order valence-electron chi connectivity index (χ2n) is 4.39. The lowest BCUT2D eigenvalue weighted by molar-refractivity contribution is 0.697. The normalized spacial score (nSPS) is 16.3. The van der Waals surface area contributed by atoms with E-state index in [1.54, 1.807) is 0 Å². The van der Waals surface area contributed by atoms with Crippen molar-refractivity contribution in [1.29, 1.82) is 0 Å². The van der Waals surface area contributed by atoms with Crippen LogP contribution in [0.15, 0.2) is 9.59 Å². The summed E-state index contributed by atoms with van der Waals surface area (Å²) in [5.74, 6) is 0.230. The molecule has 0 amide bonds. The molecule has 0 bridgehead atoms. The van der Waals surface area contributed by atoms with Crippen molar-refractivity contribution >= 4 is 11.5 Å². The highest BCUT2D eigenvalue weighted by Crippen LogP contribution is 2.22. The second-order valence-corrected chi connectivity index (χ2v) is 4.39. The van der Waals surface area contributed by atoms with Gasteiger partial charge < -0.3 is 11.1 Å². The Morgan fingerprint density at radius 1 is 1.41 bits per heavy atom. The summed E-state index contributed by atoms with van der Waals surface area (Å²) in [6, 6.07) is 0.293. The van der Waals surface area contributed by atoms with Crippen LogP contribution in [0.2, 0.25) is 0 Å². The molecule has 94 valence electrons. The van der Waals surface area contributed by atoms with Crippen LogP contribution < -0.4 is 22.3 Å². The summed E-state index contributed by atoms with van der Waals surface area (Å²) in [5, 5.41) is 3.15. The zero-order valence-electron chi connectivity index (χ0n) is 9.95. The first-order valence-corrected chi connectivity index (χ1v) is 6.02. The molecule has 0 aromatic carbocycles. The molecule has 0 unspecified atom stereocenters. The zero-order valence-corrected chi connectivity index (χ0v) is 9.95. The molecule has 1 saturated carbocycles. The van der Waals surface area contributed by atoms with Gasteiger partial charge >= 0.3 is 5.69 Å². The van der Waals surface area contributed by atoms with E-state index in [2.05, 4.69) is 10.3 Å². The molecular formula is C11H18N4O2. The summed E-state index contributed by atoms with van der Waals surface area (Å²) < 4.78 is 1.36. The molecule has 6 nitrogen and oxygen atoms in total. The number of hydrogen-bond donors (Lipinski definition) is 3. The van der Waals surface area contributed by atoms with Gasteiger partial charge in [-0.3, -0.25) is 14.3 Å². The van der Waals surface area contributed by atoms with E-state index in [-0.39, 0.29) is 5.82 Å². The summed E-state index contributed by atoms with van der Waals surface area (Å²) in [5.41, 5.74) is 5.31. The molecule has 6 heteroatoms. The number of anilines is 2. The maximum Gasteiger partial charge on any atom is 0.330 e. The third-order valence-corrected chi connectivity index (χ3v) is 3.26. The van der Waals surface area contributed by atoms with E-state index in [1.165, 1.54) is 17.4 Å². The van der Waals surface area contributed by atoms with Crippen LogP contribution in [-0.2, 0) is 6.54 Å². The Morgan fingerprint density at radius 2 is 2.06 bits per heavy atom. The molecule has 4 N–H and O–H groups in total. The fourth-order valence-corrected chi connectivity index (χ4v) is 2.32. The lowest BCUT2D eigenvalue weighted by atomic mass is 10.2. The van der Waals surface area contributed by atoms with Crippen molar-refractivity contribution in [2.45, 2.75) is 45.2 Å². The van der Waals surface area contributed by atoms with Gasteiger partial charge in [0.2, 0.25) is 0 Å². The Balaban J connectivity index is 2.38. The Hall–Kier alpha value is -1.72. The molecule has 1 aromatic heterocycles. The van der Waals surface area contributed by atoms with E-state index in [0.29, 0.717) is 18.3 Å². The molecule has 1 aliphatic rings. The standard InChI is InChI=1S/C11H18N4O2/c1-2-15-9(12)8(10(16)14-11(15)17)13-7-5-3-4-6-7/h7,13H,2-6,12H2,1H3,(H,14,16,17). The number of nitrogen functional groups attached to an aromatic ring is 1. The van der Waals surface area contributed by atoms with Gasteiger partial charge in [-0.1, -0.05) is 12.8 Å². The van der Waals surface area contributed by atoms with E-state index in [0.717, 1.165) is 12.8 Å². The monoisotopic (exact) mass is 238 g/mol. The fraction of sp³-hybridized carbons (Fsp3) is 0.636. The van der Waals surface area contributed by atoms with E-state index < -0.39 is 11.2 Å². The van der Waals surface area contributed by atoms with Gasteiger partial charge in [0, 0.05) is 12.6 Å². The summed E-state index contributed by atoms with van der Waals surface area (Å²) in [6.07, 6.45) is 4.43. The Labute approximate surface area is 98.8 Å². The molecule has 17 heavy (non-hydrogen) atoms. The van der Waals surface area contributed by atoms with Crippen LogP contribution in [0.3, 0.4) is 0 Å². The van der Waals surface area contributed by atoms with Gasteiger partial charge in [-0.05, 0) is 19.8 Å². The Morgan fingerprint density at radius 3 is 2.65 bits per heavy atom. The predicted molar refractivity (Wildman–Crippen MR) is 67.3 cm³/mol. The average Bonchev–Trinajstić information content (AvgIpc) is 2.77. The van der Waals surface area contributed by atoms with Crippen molar-refractivity contribution < 1.29 is 0 Å². The smallest absolute Gasteiger partial charge is 0.330 e. The number of nitrogens with zero attached hydrogens (tertiary/aromatic N) is 1. The minimum absolute atomic E-state index is 0.230. The molecule has 2 rings (SSSR count). The van der Waals surface area contributed by atoms with Crippen LogP contribution in [-0.4, -0.2) is 15.6 Å². The number of aromatic nitrogens is 2. The lowest BCUT2D eigenvalue weighted by Crippen LogP contribution is -2.35. The summed E-state index contributed by atoms with van der Waals surface area (Å²) >= 11 is 0. The highest BCUT2D eigenvalue weighted by Gasteiger charge is 2.18. The number of hydrogen-bond acceptors (Lipinski definition) is 4. The van der Waals surface area contributed by atoms with E-state index in [4.69, 9.17) is 5.73 Å². The molecule has 0 spiro atoms. The van der Waals surface area contributed by atoms with E-state index >= 15 is 0 Å². The topological polar surface area (TPSA) is 92.9 Å². The molecule has 1 aromatic rings. The predicted octanol–water partition coefficient (Wildman–Crippen LogP) is 0.493. The quantitative estimate of drug-likeness (QED) is 0.714. The molecule has 0 atom stereocenters. The van der Waals surface area contributed by atoms with Crippen LogP contribution in [0.5, 0.6) is 0 Å². The number of aromatic amines is 1. The largest absolute Gasteiger partial charge is 0.383 e. The summed E-state index contributed by atoms with van der Waals surface area (Å²) in [4.78, 5) is 25.5. The fourth-order valence-electron chi connectivity index (χ4n) is 2.32. The first-order chi connectivity index (χ1) is 8.13. The van der Waals surface area contributed by atoms with Crippen LogP contribution >= 0.6 is 0 Å². The molecule has 1 aliphatic carbocycles. The third kappa shape index (κ3) is 2.20. The highest BCUT2D eigenvalue weighted by atomic mass is 16.2. The maximum atomic E-state index is 11.7. The number of nitrogens with two attached hydrogens (primary N) is 1. The Kier molecular flexibility index (Phi) is 3.21. The third-order valence-electron chi connectivity index (χ3n) is 3.26. The average molecular weight is 238 g/mol. The van der Waals surface area contributed by atoms with Gasteiger partial charge in [-0.25, -0.2) is 4.79 Å². The van der Waals surface area contributed by atoms with Gasteiger partial charge in [0.25, 0.3) is 5.56 Å². The van der Waals surface area contributed by atoms with E-state index in [1.807, 2.05) is 6.92 Å². The molecular weight excluding hydrogens is 220 g/mol. The van der Waals surface area contributed by atoms with Crippen molar-refractivity contribution in [2.24, 2.45) is 0 Å². The number of rotatable bonds is 3. The van der Waals surface area contributed by atoms with Crippen LogP contribution in [0.1, 0.15) is 32.6 Å². The van der Waals surface area contributed by atoms with Crippen molar-refractivity contribution in [3.05, 3.63) is 20.8 Å². The van der Waals surface area contributed by atoms with Gasteiger partial charge in [0.1, 0.15) is 11.5 Å². The van der Waals surface area contributed by atoms with Crippen molar-refractivity contribution in [2.75, 3.05) is 11.1 Å². The Bertz CT molecular complexity index is 511. The second kappa shape index (κ2) is 4.65. The highest BCUT2D eigenvalue weighted by molar-refractivity contribution is 5.60. The SMILES string of the molecule is CCn1c(N)c(NC2CCCC2)c(=O)[nH]c1=O. The van der Waals surface area contributed by atoms with Gasteiger partial charge in [-0.2, -0.15) is 0 Å².